The van der Waals surface area contributed by atoms with E-state index in [0.29, 0.717) is 18.5 Å². The average molecular weight is 748 g/mol. The number of rotatable bonds is 21. The minimum Gasteiger partial charge on any atom is -0.508 e. The van der Waals surface area contributed by atoms with Crippen LogP contribution in [0.2, 0.25) is 0 Å². The van der Waals surface area contributed by atoms with Crippen molar-refractivity contribution in [3.05, 3.63) is 29.8 Å². The van der Waals surface area contributed by atoms with E-state index in [1.165, 1.54) is 24.0 Å². The van der Waals surface area contributed by atoms with E-state index in [2.05, 4.69) is 26.6 Å². The summed E-state index contributed by atoms with van der Waals surface area (Å²) in [6.45, 7) is 7.80. The molecular weight excluding hydrogens is 694 g/mol. The molecule has 18 heteroatoms. The van der Waals surface area contributed by atoms with Crippen LogP contribution in [0.1, 0.15) is 72.3 Å². The standard InChI is InChI=1S/C35H53N7O11/c1-18(2)15-24(31(49)37-17-26(36)45)39-32(50)23(12-13-28(47)48)38-34(52)29(19(3)4)40-35(53)30(20(5)43)41-33(51)25(42-14-6-7-27(42)46)16-21-8-10-22(44)11-9-21/h8-11,18-20,23-25,29-30,43-44H,6-7,12-17H2,1-5H3,(H2,36,45)(H,37,49)(H,38,52)(H,39,50)(H,40,53)(H,41,51)(H,47,48). The van der Waals surface area contributed by atoms with Gasteiger partial charge < -0.3 is 52.5 Å². The van der Waals surface area contributed by atoms with Crippen molar-refractivity contribution in [3.63, 3.8) is 0 Å². The number of carboxylic acid groups (broad SMARTS) is 1. The molecule has 1 aliphatic rings. The molecule has 0 bridgehead atoms. The van der Waals surface area contributed by atoms with Crippen LogP contribution >= 0.6 is 0 Å². The molecule has 2 rings (SSSR count). The lowest BCUT2D eigenvalue weighted by molar-refractivity contribution is -0.140. The molecule has 0 aromatic heterocycles. The number of likely N-dealkylation sites (tertiary alicyclic amines) is 1. The van der Waals surface area contributed by atoms with Gasteiger partial charge in [0.2, 0.25) is 41.4 Å². The zero-order valence-corrected chi connectivity index (χ0v) is 30.7. The zero-order chi connectivity index (χ0) is 40.0. The number of hydrogen-bond acceptors (Lipinski definition) is 10. The molecule has 53 heavy (non-hydrogen) atoms. The number of nitrogens with zero attached hydrogens (tertiary/aromatic N) is 1. The number of aliphatic hydroxyl groups is 1. The van der Waals surface area contributed by atoms with E-state index in [1.807, 2.05) is 0 Å². The number of carboxylic acids is 1. The fraction of sp³-hybridized carbons (Fsp3) is 0.600. The molecule has 0 aliphatic carbocycles. The van der Waals surface area contributed by atoms with Crippen LogP contribution < -0.4 is 32.3 Å². The highest BCUT2D eigenvalue weighted by atomic mass is 16.4. The van der Waals surface area contributed by atoms with Crippen molar-refractivity contribution in [2.24, 2.45) is 17.6 Å². The quantitative estimate of drug-likeness (QED) is 0.0691. The number of hydrogen-bond donors (Lipinski definition) is 9. The Labute approximate surface area is 308 Å². The molecule has 294 valence electrons. The maximum atomic E-state index is 13.7. The van der Waals surface area contributed by atoms with Crippen molar-refractivity contribution in [2.45, 2.75) is 109 Å². The Bertz CT molecular complexity index is 1480. The van der Waals surface area contributed by atoms with Gasteiger partial charge in [0.1, 0.15) is 36.0 Å². The van der Waals surface area contributed by atoms with Gasteiger partial charge in [0, 0.05) is 25.8 Å². The second-order valence-electron chi connectivity index (χ2n) is 13.9. The van der Waals surface area contributed by atoms with Gasteiger partial charge in [0.05, 0.1) is 12.6 Å². The molecule has 10 N–H and O–H groups in total. The molecule has 7 amide bonds. The van der Waals surface area contributed by atoms with Crippen LogP contribution in [0.5, 0.6) is 5.75 Å². The Balaban J connectivity index is 2.27. The topological polar surface area (TPSA) is 287 Å². The smallest absolute Gasteiger partial charge is 0.303 e. The number of benzene rings is 1. The van der Waals surface area contributed by atoms with Gasteiger partial charge in [-0.1, -0.05) is 39.8 Å². The van der Waals surface area contributed by atoms with Crippen molar-refractivity contribution in [2.75, 3.05) is 13.1 Å². The van der Waals surface area contributed by atoms with Gasteiger partial charge >= 0.3 is 5.97 Å². The van der Waals surface area contributed by atoms with Gasteiger partial charge in [-0.25, -0.2) is 0 Å². The normalized spacial score (nSPS) is 16.2. The fourth-order valence-electron chi connectivity index (χ4n) is 5.70. The van der Waals surface area contributed by atoms with E-state index in [0.717, 1.165) is 0 Å². The first-order chi connectivity index (χ1) is 24.8. The third-order valence-corrected chi connectivity index (χ3v) is 8.52. The maximum Gasteiger partial charge on any atom is 0.303 e. The summed E-state index contributed by atoms with van der Waals surface area (Å²) in [5, 5.41) is 41.9. The van der Waals surface area contributed by atoms with Crippen LogP contribution in [-0.4, -0.2) is 117 Å². The molecule has 0 radical (unpaired) electrons. The van der Waals surface area contributed by atoms with Crippen LogP contribution in [0.25, 0.3) is 0 Å². The molecule has 1 fully saturated rings. The van der Waals surface area contributed by atoms with Crippen molar-refractivity contribution < 1.29 is 53.7 Å². The number of carbonyl (C=O) groups is 8. The SMILES string of the molecule is CC(C)CC(NC(=O)C(CCC(=O)O)NC(=O)C(NC(=O)C(NC(=O)C(Cc1ccc(O)cc1)N1CCCC1=O)C(C)O)C(C)C)C(=O)NCC(N)=O. The molecule has 18 nitrogen and oxygen atoms in total. The number of amides is 7. The number of aliphatic carboxylic acids is 1. The molecule has 1 heterocycles. The predicted octanol–water partition coefficient (Wildman–Crippen LogP) is -1.59. The minimum absolute atomic E-state index is 0.00945. The highest BCUT2D eigenvalue weighted by Gasteiger charge is 2.38. The van der Waals surface area contributed by atoms with Crippen molar-refractivity contribution >= 4 is 47.3 Å². The van der Waals surface area contributed by atoms with Gasteiger partial charge in [-0.3, -0.25) is 38.4 Å². The van der Waals surface area contributed by atoms with E-state index >= 15 is 0 Å². The first kappa shape index (κ1) is 43.9. The molecule has 1 aromatic carbocycles. The van der Waals surface area contributed by atoms with Crippen molar-refractivity contribution in [3.8, 4) is 5.75 Å². The van der Waals surface area contributed by atoms with Crippen LogP contribution in [0.15, 0.2) is 24.3 Å². The lowest BCUT2D eigenvalue weighted by Crippen LogP contribution is -2.62. The van der Waals surface area contributed by atoms with E-state index in [4.69, 9.17) is 5.73 Å². The first-order valence-corrected chi connectivity index (χ1v) is 17.5. The lowest BCUT2D eigenvalue weighted by atomic mass is 9.99. The molecule has 6 atom stereocenters. The summed E-state index contributed by atoms with van der Waals surface area (Å²) in [6.07, 6.45) is -1.45. The maximum absolute atomic E-state index is 13.7. The summed E-state index contributed by atoms with van der Waals surface area (Å²) in [7, 11) is 0. The summed E-state index contributed by atoms with van der Waals surface area (Å²) >= 11 is 0. The summed E-state index contributed by atoms with van der Waals surface area (Å²) < 4.78 is 0. The average Bonchev–Trinajstić information content (AvgIpc) is 3.50. The number of carbonyl (C=O) groups excluding carboxylic acids is 7. The van der Waals surface area contributed by atoms with Crippen molar-refractivity contribution in [1.82, 2.24) is 31.5 Å². The Kier molecular flexibility index (Phi) is 17.1. The third kappa shape index (κ3) is 14.4. The van der Waals surface area contributed by atoms with Gasteiger partial charge in [-0.15, -0.1) is 0 Å². The van der Waals surface area contributed by atoms with Crippen LogP contribution in [0.4, 0.5) is 0 Å². The molecule has 6 unspecified atom stereocenters. The molecule has 1 saturated heterocycles. The van der Waals surface area contributed by atoms with Crippen LogP contribution in [0.3, 0.4) is 0 Å². The van der Waals surface area contributed by atoms with Crippen molar-refractivity contribution in [1.29, 1.82) is 0 Å². The molecule has 1 aromatic rings. The molecule has 0 saturated carbocycles. The van der Waals surface area contributed by atoms with Gasteiger partial charge in [0.15, 0.2) is 0 Å². The van der Waals surface area contributed by atoms with E-state index in [9.17, 15) is 53.7 Å². The van der Waals surface area contributed by atoms with Crippen LogP contribution in [0, 0.1) is 11.8 Å². The van der Waals surface area contributed by atoms with E-state index < -0.39 is 96.6 Å². The molecule has 0 spiro atoms. The number of phenols is 1. The van der Waals surface area contributed by atoms with E-state index in [-0.39, 0.29) is 43.3 Å². The lowest BCUT2D eigenvalue weighted by Gasteiger charge is -2.31. The number of nitrogens with two attached hydrogens (primary N) is 1. The van der Waals surface area contributed by atoms with Gasteiger partial charge in [-0.05, 0) is 55.7 Å². The monoisotopic (exact) mass is 747 g/mol. The predicted molar refractivity (Wildman–Crippen MR) is 189 cm³/mol. The number of aromatic hydroxyl groups is 1. The summed E-state index contributed by atoms with van der Waals surface area (Å²) in [4.78, 5) is 104. The second kappa shape index (κ2) is 20.7. The Hall–Kier alpha value is -5.26. The Morgan fingerprint density at radius 2 is 1.40 bits per heavy atom. The summed E-state index contributed by atoms with van der Waals surface area (Å²) in [5.41, 5.74) is 5.73. The first-order valence-electron chi connectivity index (χ1n) is 17.5. The molecular formula is C35H53N7O11. The highest BCUT2D eigenvalue weighted by Crippen LogP contribution is 2.20. The van der Waals surface area contributed by atoms with Gasteiger partial charge in [-0.2, -0.15) is 0 Å². The number of phenolic OH excluding ortho intramolecular Hbond substituents is 1. The summed E-state index contributed by atoms with van der Waals surface area (Å²) in [5.74, 6) is -7.23. The zero-order valence-electron chi connectivity index (χ0n) is 30.7. The fourth-order valence-corrected chi connectivity index (χ4v) is 5.70. The largest absolute Gasteiger partial charge is 0.508 e. The van der Waals surface area contributed by atoms with E-state index in [1.54, 1.807) is 39.8 Å². The number of primary amides is 1. The Morgan fingerprint density at radius 1 is 0.811 bits per heavy atom. The van der Waals surface area contributed by atoms with Crippen LogP contribution in [-0.2, 0) is 44.8 Å². The number of nitrogens with one attached hydrogen (secondary N) is 5. The molecule has 1 aliphatic heterocycles. The van der Waals surface area contributed by atoms with Gasteiger partial charge in [0.25, 0.3) is 0 Å². The Morgan fingerprint density at radius 3 is 1.91 bits per heavy atom. The second-order valence-corrected chi connectivity index (χ2v) is 13.9. The third-order valence-electron chi connectivity index (χ3n) is 8.52. The summed E-state index contributed by atoms with van der Waals surface area (Å²) in [6, 6.07) is -0.569. The highest BCUT2D eigenvalue weighted by molar-refractivity contribution is 5.97. The minimum atomic E-state index is -1.58. The number of aliphatic hydroxyl groups excluding tert-OH is 1.